The number of aliphatic hydroxyl groups excluding tert-OH is 5. The number of hydrogen-bond acceptors (Lipinski definition) is 11. The lowest BCUT2D eigenvalue weighted by molar-refractivity contribution is -0.220. The predicted octanol–water partition coefficient (Wildman–Crippen LogP) is 12.8. The smallest absolute Gasteiger partial charge is 0.457 e. The number of phosphoric ester groups is 1. The fourth-order valence-corrected chi connectivity index (χ4v) is 9.27. The molecule has 1 aliphatic carbocycles. The number of ether oxygens (including phenoxy) is 2. The average Bonchev–Trinajstić information content (AvgIpc) is 3.32. The Bertz CT molecular complexity index is 1310. The van der Waals surface area contributed by atoms with Crippen LogP contribution in [-0.4, -0.2) is 98.9 Å². The first-order valence-electron chi connectivity index (χ1n) is 27.5. The van der Waals surface area contributed by atoms with Crippen molar-refractivity contribution >= 4 is 13.8 Å². The van der Waals surface area contributed by atoms with Gasteiger partial charge in [0.1, 0.15) is 42.7 Å². The molecule has 0 aromatic carbocycles. The van der Waals surface area contributed by atoms with Gasteiger partial charge in [-0.05, 0) is 77.0 Å². The summed E-state index contributed by atoms with van der Waals surface area (Å²) in [5.41, 5.74) is 0. The molecule has 0 spiro atoms. The van der Waals surface area contributed by atoms with E-state index >= 15 is 0 Å². The first-order valence-corrected chi connectivity index (χ1v) is 29.0. The summed E-state index contributed by atoms with van der Waals surface area (Å²) in [6.07, 6.45) is 44.6. The molecule has 0 aromatic rings. The van der Waals surface area contributed by atoms with Crippen LogP contribution in [-0.2, 0) is 27.9 Å². The largest absolute Gasteiger partial charge is 0.472 e. The summed E-state index contributed by atoms with van der Waals surface area (Å²) in [5, 5.41) is 50.4. The molecule has 0 radical (unpaired) electrons. The van der Waals surface area contributed by atoms with Crippen molar-refractivity contribution in [1.29, 1.82) is 0 Å². The first-order chi connectivity index (χ1) is 33.0. The fraction of sp³-hybridized carbons (Fsp3) is 0.836. The van der Waals surface area contributed by atoms with Gasteiger partial charge >= 0.3 is 13.8 Å². The summed E-state index contributed by atoms with van der Waals surface area (Å²) in [7, 11) is -5.03. The lowest BCUT2D eigenvalue weighted by Gasteiger charge is -2.41. The van der Waals surface area contributed by atoms with Gasteiger partial charge in [0.05, 0.1) is 13.2 Å². The lowest BCUT2D eigenvalue weighted by Crippen LogP contribution is -2.64. The van der Waals surface area contributed by atoms with Gasteiger partial charge < -0.3 is 39.9 Å². The summed E-state index contributed by atoms with van der Waals surface area (Å²) in [6.45, 7) is 4.24. The van der Waals surface area contributed by atoms with Gasteiger partial charge in [0.2, 0.25) is 0 Å². The van der Waals surface area contributed by atoms with Crippen LogP contribution >= 0.6 is 7.82 Å². The monoisotopic (exact) mass is 985 g/mol. The summed E-state index contributed by atoms with van der Waals surface area (Å²) in [5.74, 6) is -0.482. The summed E-state index contributed by atoms with van der Waals surface area (Å²) < 4.78 is 34.4. The molecule has 0 amide bonds. The molecule has 0 heterocycles. The Morgan fingerprint density at radius 3 is 1.29 bits per heavy atom. The van der Waals surface area contributed by atoms with Crippen LogP contribution in [0.4, 0.5) is 0 Å². The number of carbonyl (C=O) groups excluding carboxylic acids is 1. The second kappa shape index (κ2) is 45.2. The lowest BCUT2D eigenvalue weighted by atomic mass is 9.85. The van der Waals surface area contributed by atoms with Crippen molar-refractivity contribution in [3.8, 4) is 0 Å². The molecule has 6 N–H and O–H groups in total. The second-order valence-electron chi connectivity index (χ2n) is 19.1. The number of carbonyl (C=O) groups is 1. The molecule has 1 aliphatic rings. The summed E-state index contributed by atoms with van der Waals surface area (Å²) in [6, 6.07) is 0. The zero-order valence-corrected chi connectivity index (χ0v) is 43.8. The van der Waals surface area contributed by atoms with Crippen molar-refractivity contribution < 1.29 is 58.3 Å². The minimum atomic E-state index is -5.03. The molecule has 0 aromatic heterocycles. The Morgan fingerprint density at radius 2 is 0.824 bits per heavy atom. The van der Waals surface area contributed by atoms with E-state index < -0.39 is 63.1 Å². The van der Waals surface area contributed by atoms with Gasteiger partial charge in [0, 0.05) is 13.0 Å². The van der Waals surface area contributed by atoms with E-state index in [1.807, 2.05) is 0 Å². The van der Waals surface area contributed by atoms with Gasteiger partial charge in [-0.25, -0.2) is 4.57 Å². The van der Waals surface area contributed by atoms with Gasteiger partial charge in [-0.2, -0.15) is 0 Å². The maximum atomic E-state index is 12.9. The average molecular weight is 985 g/mol. The zero-order valence-electron chi connectivity index (χ0n) is 42.9. The quantitative estimate of drug-likeness (QED) is 0.0147. The van der Waals surface area contributed by atoms with E-state index in [4.69, 9.17) is 18.5 Å². The molecule has 1 fully saturated rings. The van der Waals surface area contributed by atoms with Gasteiger partial charge in [-0.3, -0.25) is 13.8 Å². The molecule has 13 heteroatoms. The van der Waals surface area contributed by atoms with Crippen LogP contribution in [0.3, 0.4) is 0 Å². The van der Waals surface area contributed by atoms with Crippen molar-refractivity contribution in [2.45, 2.75) is 275 Å². The van der Waals surface area contributed by atoms with Crippen molar-refractivity contribution in [2.24, 2.45) is 0 Å². The molecule has 0 bridgehead atoms. The van der Waals surface area contributed by atoms with E-state index in [1.54, 1.807) is 0 Å². The van der Waals surface area contributed by atoms with Crippen LogP contribution in [0.5, 0.6) is 0 Å². The molecule has 0 saturated heterocycles. The van der Waals surface area contributed by atoms with Gasteiger partial charge in [0.15, 0.2) is 0 Å². The molecule has 398 valence electrons. The Hall–Kier alpha value is -1.70. The number of allylic oxidation sites excluding steroid dienone is 8. The van der Waals surface area contributed by atoms with Crippen LogP contribution < -0.4 is 0 Å². The minimum absolute atomic E-state index is 0.0842. The third kappa shape index (κ3) is 36.3. The molecule has 1 rings (SSSR count). The van der Waals surface area contributed by atoms with Crippen molar-refractivity contribution in [2.75, 3.05) is 19.8 Å². The number of aliphatic hydroxyl groups is 5. The summed E-state index contributed by atoms with van der Waals surface area (Å²) in [4.78, 5) is 23.3. The van der Waals surface area contributed by atoms with Crippen LogP contribution in [0.2, 0.25) is 0 Å². The van der Waals surface area contributed by atoms with Crippen molar-refractivity contribution in [3.05, 3.63) is 48.6 Å². The molecular weight excluding hydrogens is 884 g/mol. The van der Waals surface area contributed by atoms with E-state index in [1.165, 1.54) is 141 Å². The summed E-state index contributed by atoms with van der Waals surface area (Å²) >= 11 is 0. The number of phosphoric acid groups is 1. The normalized spacial score (nSPS) is 21.5. The number of hydrogen-bond donors (Lipinski definition) is 6. The van der Waals surface area contributed by atoms with E-state index in [2.05, 4.69) is 62.5 Å². The SMILES string of the molecule is CCCCC/C=C\C/C=C\C/C=C\CCCCCCCCCOCC(COP(=O)(O)OC1C(O)C(O)C(O)C(O)C1O)OC(=O)CCCCCCCCCCC/C=C\CCCCCCCCCC. The maximum Gasteiger partial charge on any atom is 0.472 e. The fourth-order valence-electron chi connectivity index (χ4n) is 8.30. The molecule has 1 saturated carbocycles. The van der Waals surface area contributed by atoms with Crippen LogP contribution in [0.25, 0.3) is 0 Å². The van der Waals surface area contributed by atoms with Crippen LogP contribution in [0.1, 0.15) is 232 Å². The molecule has 12 nitrogen and oxygen atoms in total. The molecule has 6 unspecified atom stereocenters. The van der Waals surface area contributed by atoms with Gasteiger partial charge in [-0.1, -0.05) is 197 Å². The molecule has 6 atom stereocenters. The van der Waals surface area contributed by atoms with E-state index in [0.29, 0.717) is 13.0 Å². The molecule has 68 heavy (non-hydrogen) atoms. The van der Waals surface area contributed by atoms with E-state index in [9.17, 15) is 39.8 Å². The number of unbranched alkanes of at least 4 members (excludes halogenated alkanes) is 27. The van der Waals surface area contributed by atoms with Crippen molar-refractivity contribution in [3.63, 3.8) is 0 Å². The first kappa shape index (κ1) is 64.3. The number of rotatable bonds is 47. The Labute approximate surface area is 414 Å². The third-order valence-electron chi connectivity index (χ3n) is 12.7. The highest BCUT2D eigenvalue weighted by atomic mass is 31.2. The van der Waals surface area contributed by atoms with E-state index in [-0.39, 0.29) is 13.0 Å². The Balaban J connectivity index is 2.32. The predicted molar refractivity (Wildman–Crippen MR) is 276 cm³/mol. The Kier molecular flexibility index (Phi) is 42.7. The topological polar surface area (TPSA) is 192 Å². The van der Waals surface area contributed by atoms with E-state index in [0.717, 1.165) is 64.2 Å². The molecular formula is C55H101O12P. The van der Waals surface area contributed by atoms with Gasteiger partial charge in [0.25, 0.3) is 0 Å². The standard InChI is InChI=1S/C55H101O12P/c1-3-5-7-9-11-13-15-17-19-21-23-25-26-28-30-32-34-36-38-40-42-44-49(56)66-48(47-65-68(62,63)67-55-53(60)51(58)50(57)52(59)54(55)61)46-64-45-43-41-39-37-35-33-31-29-27-24-22-20-18-16-14-12-10-8-6-4-2/h12,14,18,20-21,23-24,27,48,50-55,57-61H,3-11,13,15-17,19,22,25-26,28-47H2,1-2H3,(H,62,63)/b14-12-,20-18-,23-21-,27-24-. The zero-order chi connectivity index (χ0) is 49.8. The Morgan fingerprint density at radius 1 is 0.471 bits per heavy atom. The highest BCUT2D eigenvalue weighted by molar-refractivity contribution is 7.47. The minimum Gasteiger partial charge on any atom is -0.457 e. The number of esters is 1. The highest BCUT2D eigenvalue weighted by Gasteiger charge is 2.51. The second-order valence-corrected chi connectivity index (χ2v) is 20.5. The van der Waals surface area contributed by atoms with Crippen LogP contribution in [0, 0.1) is 0 Å². The molecule has 0 aliphatic heterocycles. The van der Waals surface area contributed by atoms with Crippen molar-refractivity contribution in [1.82, 2.24) is 0 Å². The van der Waals surface area contributed by atoms with Gasteiger partial charge in [-0.15, -0.1) is 0 Å². The highest BCUT2D eigenvalue weighted by Crippen LogP contribution is 2.47. The van der Waals surface area contributed by atoms with Crippen LogP contribution in [0.15, 0.2) is 48.6 Å². The third-order valence-corrected chi connectivity index (χ3v) is 13.7. The maximum absolute atomic E-state index is 12.9.